The van der Waals surface area contributed by atoms with E-state index in [-0.39, 0.29) is 36.3 Å². The molecule has 13 heteroatoms. The van der Waals surface area contributed by atoms with Crippen molar-refractivity contribution in [2.24, 2.45) is 21.5 Å². The van der Waals surface area contributed by atoms with Gasteiger partial charge in [-0.25, -0.2) is 9.98 Å². The van der Waals surface area contributed by atoms with Crippen LogP contribution in [0.15, 0.2) is 28.2 Å². The zero-order valence-electron chi connectivity index (χ0n) is 21.8. The van der Waals surface area contributed by atoms with E-state index in [1.807, 2.05) is 13.0 Å². The molecule has 206 valence electrons. The van der Waals surface area contributed by atoms with Gasteiger partial charge in [-0.2, -0.15) is 0 Å². The van der Waals surface area contributed by atoms with Gasteiger partial charge < -0.3 is 47.3 Å². The molecule has 4 aliphatic heterocycles. The normalized spacial score (nSPS) is 30.0. The highest BCUT2D eigenvalue weighted by molar-refractivity contribution is 5.98. The number of ether oxygens (including phenoxy) is 1. The highest BCUT2D eigenvalue weighted by atomic mass is 16.5. The molecule has 1 fully saturated rings. The number of aliphatic hydroxyl groups is 2. The number of rotatable bonds is 6. The summed E-state index contributed by atoms with van der Waals surface area (Å²) in [7, 11) is 0. The zero-order valence-corrected chi connectivity index (χ0v) is 21.8. The van der Waals surface area contributed by atoms with Crippen LogP contribution in [-0.4, -0.2) is 88.1 Å². The van der Waals surface area contributed by atoms with E-state index in [0.29, 0.717) is 30.8 Å². The van der Waals surface area contributed by atoms with Crippen molar-refractivity contribution in [2.45, 2.75) is 75.0 Å². The van der Waals surface area contributed by atoms with Gasteiger partial charge in [-0.05, 0) is 24.3 Å². The van der Waals surface area contributed by atoms with Crippen LogP contribution in [0.4, 0.5) is 0 Å². The summed E-state index contributed by atoms with van der Waals surface area (Å²) in [6.45, 7) is 6.56. The lowest BCUT2D eigenvalue weighted by Gasteiger charge is -2.49. The third-order valence-electron chi connectivity index (χ3n) is 8.05. The van der Waals surface area contributed by atoms with E-state index in [2.05, 4.69) is 39.8 Å². The van der Waals surface area contributed by atoms with Crippen LogP contribution < -0.4 is 32.2 Å². The highest BCUT2D eigenvalue weighted by Crippen LogP contribution is 2.45. The van der Waals surface area contributed by atoms with E-state index in [1.54, 1.807) is 12.1 Å². The van der Waals surface area contributed by atoms with Crippen LogP contribution in [0.2, 0.25) is 0 Å². The Kier molecular flexibility index (Phi) is 6.18. The minimum absolute atomic E-state index is 0.0137. The van der Waals surface area contributed by atoms with Crippen LogP contribution in [0.3, 0.4) is 0 Å². The summed E-state index contributed by atoms with van der Waals surface area (Å²) in [4.78, 5) is 36.0. The van der Waals surface area contributed by atoms with Crippen molar-refractivity contribution in [1.82, 2.24) is 20.9 Å². The lowest BCUT2D eigenvalue weighted by atomic mass is 9.79. The number of benzene rings is 1. The molecule has 1 unspecified atom stereocenters. The Balaban J connectivity index is 1.43. The molecule has 0 aromatic heterocycles. The smallest absolute Gasteiger partial charge is 0.255 e. The van der Waals surface area contributed by atoms with Gasteiger partial charge in [0.1, 0.15) is 17.8 Å². The van der Waals surface area contributed by atoms with Crippen molar-refractivity contribution in [2.75, 3.05) is 19.7 Å². The van der Waals surface area contributed by atoms with Gasteiger partial charge in [0.05, 0.1) is 18.2 Å². The number of fused-ring (bicyclic) bond motifs is 1. The van der Waals surface area contributed by atoms with Gasteiger partial charge >= 0.3 is 0 Å². The maximum absolute atomic E-state index is 13.5. The Morgan fingerprint density at radius 1 is 1.26 bits per heavy atom. The summed E-state index contributed by atoms with van der Waals surface area (Å²) in [5.74, 6) is -2.77. The molecule has 4 atom stereocenters. The first-order chi connectivity index (χ1) is 17.9. The number of carbonyl (C=O) groups excluding carboxylic acids is 2. The number of nitrogens with two attached hydrogens (primary N) is 2. The number of hydrogen-bond acceptors (Lipinski definition) is 11. The van der Waals surface area contributed by atoms with Crippen molar-refractivity contribution in [3.8, 4) is 5.75 Å². The molecule has 0 aliphatic carbocycles. The number of guanidine groups is 2. The molecule has 38 heavy (non-hydrogen) atoms. The number of carbonyl (C=O) groups is 2. The van der Waals surface area contributed by atoms with Gasteiger partial charge in [0.15, 0.2) is 17.6 Å². The molecule has 5 rings (SSSR count). The second-order valence-electron chi connectivity index (χ2n) is 11.0. The molecular formula is C25H36N8O5. The fourth-order valence-electron chi connectivity index (χ4n) is 5.97. The summed E-state index contributed by atoms with van der Waals surface area (Å²) in [6, 6.07) is 2.56. The Morgan fingerprint density at radius 2 is 2.03 bits per heavy atom. The summed E-state index contributed by atoms with van der Waals surface area (Å²) >= 11 is 0. The fourth-order valence-corrected chi connectivity index (χ4v) is 5.97. The predicted octanol–water partition coefficient (Wildman–Crippen LogP) is -1.56. The molecular weight excluding hydrogens is 492 g/mol. The summed E-state index contributed by atoms with van der Waals surface area (Å²) < 4.78 is 5.88. The third-order valence-corrected chi connectivity index (χ3v) is 8.05. The van der Waals surface area contributed by atoms with Crippen LogP contribution >= 0.6 is 0 Å². The quantitative estimate of drug-likeness (QED) is 0.213. The first kappa shape index (κ1) is 26.0. The van der Waals surface area contributed by atoms with E-state index in [0.717, 1.165) is 12.0 Å². The van der Waals surface area contributed by atoms with Crippen molar-refractivity contribution < 1.29 is 24.5 Å². The Bertz CT molecular complexity index is 1210. The molecule has 0 saturated carbocycles. The largest absolute Gasteiger partial charge is 0.492 e. The van der Waals surface area contributed by atoms with Crippen LogP contribution in [0, 0.1) is 0 Å². The lowest BCUT2D eigenvalue weighted by molar-refractivity contribution is -0.230. The highest BCUT2D eigenvalue weighted by Gasteiger charge is 2.73. The maximum Gasteiger partial charge on any atom is 0.255 e. The molecule has 9 N–H and O–H groups in total. The van der Waals surface area contributed by atoms with Crippen LogP contribution in [0.25, 0.3) is 0 Å². The second-order valence-corrected chi connectivity index (χ2v) is 11.0. The fraction of sp³-hybridized carbons (Fsp3) is 0.600. The molecule has 4 aliphatic rings. The molecule has 13 nitrogen and oxygen atoms in total. The molecule has 0 radical (unpaired) electrons. The van der Waals surface area contributed by atoms with Crippen LogP contribution in [-0.2, 0) is 10.2 Å². The van der Waals surface area contributed by atoms with E-state index >= 15 is 0 Å². The molecule has 0 bridgehead atoms. The third kappa shape index (κ3) is 3.83. The number of nitrogens with zero attached hydrogens (tertiary/aromatic N) is 3. The first-order valence-corrected chi connectivity index (χ1v) is 12.9. The molecule has 4 heterocycles. The van der Waals surface area contributed by atoms with Gasteiger partial charge in [0, 0.05) is 25.1 Å². The van der Waals surface area contributed by atoms with Crippen LogP contribution in [0.1, 0.15) is 56.0 Å². The molecule has 2 amide bonds. The minimum atomic E-state index is -2.57. The zero-order chi connectivity index (χ0) is 27.5. The maximum atomic E-state index is 13.5. The number of amides is 2. The summed E-state index contributed by atoms with van der Waals surface area (Å²) in [6.07, 6.45) is 1.84. The lowest BCUT2D eigenvalue weighted by Crippen LogP contribution is -2.78. The van der Waals surface area contributed by atoms with Gasteiger partial charge in [0.25, 0.3) is 5.91 Å². The number of para-hydroxylation sites is 1. The molecule has 1 saturated heterocycles. The second kappa shape index (κ2) is 9.02. The van der Waals surface area contributed by atoms with Gasteiger partial charge in [-0.15, -0.1) is 0 Å². The number of hydrogen-bond donors (Lipinski definition) is 7. The molecule has 1 aromatic rings. The average Bonchev–Trinajstić information content (AvgIpc) is 3.32. The van der Waals surface area contributed by atoms with E-state index in [4.69, 9.17) is 16.2 Å². The Morgan fingerprint density at radius 3 is 2.76 bits per heavy atom. The monoisotopic (exact) mass is 528 g/mol. The number of nitrogens with one attached hydrogen (secondary N) is 3. The summed E-state index contributed by atoms with van der Waals surface area (Å²) in [5, 5.41) is 31.7. The minimum Gasteiger partial charge on any atom is -0.492 e. The predicted molar refractivity (Wildman–Crippen MR) is 139 cm³/mol. The van der Waals surface area contributed by atoms with E-state index in [1.165, 1.54) is 4.90 Å². The molecule has 1 aromatic carbocycles. The first-order valence-electron chi connectivity index (χ1n) is 12.9. The topological polar surface area (TPSA) is 200 Å². The molecule has 1 spiro atoms. The average molecular weight is 529 g/mol. The van der Waals surface area contributed by atoms with Crippen molar-refractivity contribution in [1.29, 1.82) is 0 Å². The summed E-state index contributed by atoms with van der Waals surface area (Å²) in [5.41, 5.74) is 11.7. The van der Waals surface area contributed by atoms with Crippen LogP contribution in [0.5, 0.6) is 5.75 Å². The standard InChI is InChI=1S/C25H36N8O5/c1-4-6-17(34)28-11-15-19-24(32-21(26)31-19)25(36,37)16(12-33(24)22(27)29-15)30-20(35)13-7-5-8-14-18(13)38-10-9-23(14,2)3/h5,7-8,15-16,19,36-37H,4,6,9-12H2,1-3H3,(H2,27,29)(H,28,34)(H,30,35)(H3,26,31,32)/t15-,16?,19-,24-/m0/s1. The van der Waals surface area contributed by atoms with Gasteiger partial charge in [-0.3, -0.25) is 9.59 Å². The van der Waals surface area contributed by atoms with Gasteiger partial charge in [-0.1, -0.05) is 32.9 Å². The SMILES string of the molecule is CCCC(=O)NC[C@@H]1N=C(N)N2CC(NC(=O)c3cccc4c3OCCC4(C)C)C(O)(O)[C@@]23NC(N)=N[C@@H]13. The van der Waals surface area contributed by atoms with Crippen molar-refractivity contribution in [3.05, 3.63) is 29.3 Å². The Hall–Kier alpha value is -3.58. The Labute approximate surface area is 220 Å². The van der Waals surface area contributed by atoms with E-state index in [9.17, 15) is 19.8 Å². The van der Waals surface area contributed by atoms with Gasteiger partial charge in [0.2, 0.25) is 11.7 Å². The van der Waals surface area contributed by atoms with Crippen molar-refractivity contribution in [3.63, 3.8) is 0 Å². The number of aliphatic imine (C=N–C) groups is 2. The van der Waals surface area contributed by atoms with Crippen molar-refractivity contribution >= 4 is 23.7 Å². The van der Waals surface area contributed by atoms with E-state index < -0.39 is 35.5 Å².